The van der Waals surface area contributed by atoms with E-state index in [-0.39, 0.29) is 23.5 Å². The lowest BCUT2D eigenvalue weighted by Crippen LogP contribution is -2.73. The highest BCUT2D eigenvalue weighted by Crippen LogP contribution is 2.31. The van der Waals surface area contributed by atoms with E-state index in [9.17, 15) is 35.9 Å². The molecule has 41 heavy (non-hydrogen) atoms. The molecule has 0 bridgehead atoms. The van der Waals surface area contributed by atoms with E-state index in [1.807, 2.05) is 29.0 Å². The van der Waals surface area contributed by atoms with Crippen LogP contribution in [0.5, 0.6) is 0 Å². The number of morpholine rings is 1. The Labute approximate surface area is 231 Å². The number of alkyl halides is 6. The summed E-state index contributed by atoms with van der Waals surface area (Å²) in [5.41, 5.74) is 0.652. The Bertz CT molecular complexity index is 1010. The van der Waals surface area contributed by atoms with Gasteiger partial charge in [0.2, 0.25) is 11.8 Å². The Morgan fingerprint density at radius 1 is 1.07 bits per heavy atom. The number of aromatic nitrogens is 1. The molecule has 2 aliphatic rings. The van der Waals surface area contributed by atoms with Crippen molar-refractivity contribution in [2.75, 3.05) is 33.3 Å². The molecule has 2 aliphatic heterocycles. The smallest absolute Gasteiger partial charge is 0.475 e. The number of amides is 2. The van der Waals surface area contributed by atoms with Gasteiger partial charge in [-0.25, -0.2) is 9.59 Å². The number of carbonyl (C=O) groups is 4. The van der Waals surface area contributed by atoms with Gasteiger partial charge in [0.1, 0.15) is 11.6 Å². The molecule has 1 unspecified atom stereocenters. The SMILES string of the molecule is CC(C)CCC(=O)N1CC2(C1)CN(C)C(C(=O)NCc1cccnc1)CO2.O=C(O)C(F)(F)F.O=C(O)C(F)(F)F. The topological polar surface area (TPSA) is 149 Å². The zero-order valence-electron chi connectivity index (χ0n) is 22.5. The maximum absolute atomic E-state index is 12.5. The number of nitrogens with one attached hydrogen (secondary N) is 1. The third-order valence-corrected chi connectivity index (χ3v) is 5.84. The van der Waals surface area contributed by atoms with Gasteiger partial charge in [-0.05, 0) is 31.0 Å². The van der Waals surface area contributed by atoms with Gasteiger partial charge < -0.3 is 25.2 Å². The van der Waals surface area contributed by atoms with Crippen molar-refractivity contribution in [1.82, 2.24) is 20.1 Å². The number of pyridine rings is 1. The van der Waals surface area contributed by atoms with Crippen molar-refractivity contribution in [3.63, 3.8) is 0 Å². The summed E-state index contributed by atoms with van der Waals surface area (Å²) in [7, 11) is 1.95. The van der Waals surface area contributed by atoms with Gasteiger partial charge in [-0.3, -0.25) is 19.5 Å². The van der Waals surface area contributed by atoms with Gasteiger partial charge in [0.25, 0.3) is 0 Å². The van der Waals surface area contributed by atoms with E-state index < -0.39 is 24.3 Å². The molecular formula is C24H32F6N4O7. The number of carbonyl (C=O) groups excluding carboxylic acids is 2. The van der Waals surface area contributed by atoms with Gasteiger partial charge >= 0.3 is 24.3 Å². The Balaban J connectivity index is 0.000000497. The molecule has 1 spiro atoms. The van der Waals surface area contributed by atoms with E-state index in [1.165, 1.54) is 0 Å². The van der Waals surface area contributed by atoms with E-state index in [0.717, 1.165) is 12.0 Å². The summed E-state index contributed by atoms with van der Waals surface area (Å²) in [6.45, 7) is 6.97. The Kier molecular flexibility index (Phi) is 13.0. The molecule has 232 valence electrons. The minimum Gasteiger partial charge on any atom is -0.475 e. The van der Waals surface area contributed by atoms with E-state index in [4.69, 9.17) is 24.5 Å². The average molecular weight is 603 g/mol. The highest BCUT2D eigenvalue weighted by Gasteiger charge is 2.51. The molecule has 2 saturated heterocycles. The standard InChI is InChI=1S/C20H30N4O3.2C2HF3O2/c1-15(2)6-7-18(25)24-13-20(14-24)12-23(3)17(11-27-20)19(26)22-10-16-5-4-8-21-9-16;2*3-2(4,5)1(6)7/h4-5,8-9,15,17H,6-7,10-14H2,1-3H3,(H,22,26);2*(H,6,7). The molecule has 0 aromatic carbocycles. The van der Waals surface area contributed by atoms with Crippen LogP contribution in [0.1, 0.15) is 32.3 Å². The molecule has 17 heteroatoms. The number of ether oxygens (including phenoxy) is 1. The maximum Gasteiger partial charge on any atom is 0.490 e. The second kappa shape index (κ2) is 15.0. The van der Waals surface area contributed by atoms with Crippen molar-refractivity contribution in [3.8, 4) is 0 Å². The van der Waals surface area contributed by atoms with E-state index in [0.29, 0.717) is 45.1 Å². The second-order valence-corrected chi connectivity index (χ2v) is 9.79. The van der Waals surface area contributed by atoms with Crippen LogP contribution in [-0.2, 0) is 30.5 Å². The van der Waals surface area contributed by atoms with Crippen LogP contribution >= 0.6 is 0 Å². The molecule has 1 aromatic rings. The number of likely N-dealkylation sites (N-methyl/N-ethyl adjacent to an activating group) is 1. The number of aliphatic carboxylic acids is 2. The van der Waals surface area contributed by atoms with Crippen LogP contribution in [0.15, 0.2) is 24.5 Å². The summed E-state index contributed by atoms with van der Waals surface area (Å²) in [4.78, 5) is 50.5. The second-order valence-electron chi connectivity index (χ2n) is 9.79. The first-order chi connectivity index (χ1) is 18.8. The highest BCUT2D eigenvalue weighted by molar-refractivity contribution is 5.82. The molecule has 0 radical (unpaired) electrons. The number of carboxylic acids is 2. The van der Waals surface area contributed by atoms with E-state index in [2.05, 4.69) is 24.1 Å². The van der Waals surface area contributed by atoms with Crippen LogP contribution in [0.3, 0.4) is 0 Å². The fourth-order valence-electron chi connectivity index (χ4n) is 3.67. The van der Waals surface area contributed by atoms with Crippen LogP contribution in [0, 0.1) is 5.92 Å². The summed E-state index contributed by atoms with van der Waals surface area (Å²) in [5.74, 6) is -4.82. The zero-order chi connectivity index (χ0) is 31.6. The summed E-state index contributed by atoms with van der Waals surface area (Å²) in [6.07, 6.45) is -5.19. The molecule has 1 atom stereocenters. The molecule has 2 fully saturated rings. The van der Waals surface area contributed by atoms with Crippen LogP contribution in [0.4, 0.5) is 26.3 Å². The number of nitrogens with zero attached hydrogens (tertiary/aromatic N) is 3. The molecule has 1 aromatic heterocycles. The fraction of sp³-hybridized carbons (Fsp3) is 0.625. The lowest BCUT2D eigenvalue weighted by molar-refractivity contribution is -0.201. The van der Waals surface area contributed by atoms with E-state index >= 15 is 0 Å². The van der Waals surface area contributed by atoms with Crippen molar-refractivity contribution in [2.45, 2.75) is 57.2 Å². The van der Waals surface area contributed by atoms with Crippen LogP contribution in [-0.4, -0.2) is 106 Å². The van der Waals surface area contributed by atoms with Gasteiger partial charge in [-0.2, -0.15) is 26.3 Å². The average Bonchev–Trinajstić information content (AvgIpc) is 2.84. The number of hydrogen-bond acceptors (Lipinski definition) is 7. The third-order valence-electron chi connectivity index (χ3n) is 5.84. The fourth-order valence-corrected chi connectivity index (χ4v) is 3.67. The minimum atomic E-state index is -5.08. The first-order valence-electron chi connectivity index (χ1n) is 12.2. The normalized spacial score (nSPS) is 18.3. The molecule has 3 rings (SSSR count). The number of halogens is 6. The van der Waals surface area contributed by atoms with Crippen molar-refractivity contribution in [2.24, 2.45) is 5.92 Å². The van der Waals surface area contributed by atoms with Crippen molar-refractivity contribution in [3.05, 3.63) is 30.1 Å². The minimum absolute atomic E-state index is 0.0413. The number of carboxylic acid groups (broad SMARTS) is 2. The van der Waals surface area contributed by atoms with Crippen molar-refractivity contribution in [1.29, 1.82) is 0 Å². The molecule has 3 heterocycles. The summed E-state index contributed by atoms with van der Waals surface area (Å²) < 4.78 is 69.5. The number of rotatable bonds is 6. The molecule has 0 saturated carbocycles. The maximum atomic E-state index is 12.5. The van der Waals surface area contributed by atoms with Crippen LogP contribution < -0.4 is 5.32 Å². The Hall–Kier alpha value is -3.47. The molecule has 0 aliphatic carbocycles. The van der Waals surface area contributed by atoms with Gasteiger partial charge in [-0.15, -0.1) is 0 Å². The van der Waals surface area contributed by atoms with Gasteiger partial charge in [0, 0.05) is 31.9 Å². The monoisotopic (exact) mass is 602 g/mol. The molecular weight excluding hydrogens is 570 g/mol. The van der Waals surface area contributed by atoms with E-state index in [1.54, 1.807) is 12.4 Å². The van der Waals surface area contributed by atoms with Crippen LogP contribution in [0.25, 0.3) is 0 Å². The molecule has 3 N–H and O–H groups in total. The largest absolute Gasteiger partial charge is 0.490 e. The number of hydrogen-bond donors (Lipinski definition) is 3. The zero-order valence-corrected chi connectivity index (χ0v) is 22.5. The molecule has 2 amide bonds. The lowest BCUT2D eigenvalue weighted by atomic mass is 9.90. The van der Waals surface area contributed by atoms with Crippen LogP contribution in [0.2, 0.25) is 0 Å². The first-order valence-corrected chi connectivity index (χ1v) is 12.2. The predicted octanol–water partition coefficient (Wildman–Crippen LogP) is 2.31. The van der Waals surface area contributed by atoms with Gasteiger partial charge in [0.05, 0.1) is 19.7 Å². The third kappa shape index (κ3) is 12.3. The Morgan fingerprint density at radius 3 is 2.02 bits per heavy atom. The Morgan fingerprint density at radius 2 is 1.61 bits per heavy atom. The predicted molar refractivity (Wildman–Crippen MR) is 129 cm³/mol. The summed E-state index contributed by atoms with van der Waals surface area (Å²) in [6, 6.07) is 3.48. The van der Waals surface area contributed by atoms with Crippen molar-refractivity contribution >= 4 is 23.8 Å². The summed E-state index contributed by atoms with van der Waals surface area (Å²) in [5, 5.41) is 17.2. The van der Waals surface area contributed by atoms with Crippen molar-refractivity contribution < 1.29 is 60.5 Å². The van der Waals surface area contributed by atoms with Gasteiger partial charge in [-0.1, -0.05) is 19.9 Å². The quantitative estimate of drug-likeness (QED) is 0.417. The first kappa shape index (κ1) is 35.6. The summed E-state index contributed by atoms with van der Waals surface area (Å²) >= 11 is 0. The number of likely N-dealkylation sites (tertiary alicyclic amines) is 1. The highest BCUT2D eigenvalue weighted by atomic mass is 19.4. The molecule has 11 nitrogen and oxygen atoms in total. The van der Waals surface area contributed by atoms with Gasteiger partial charge in [0.15, 0.2) is 0 Å². The lowest BCUT2D eigenvalue weighted by Gasteiger charge is -2.54.